The van der Waals surface area contributed by atoms with Crippen LogP contribution in [-0.2, 0) is 0 Å². The topological polar surface area (TPSA) is 39.6 Å². The molecule has 2 heterocycles. The molecule has 0 radical (unpaired) electrons. The molecular weight excluding hydrogens is 257 g/mol. The van der Waals surface area contributed by atoms with Crippen LogP contribution in [0.25, 0.3) is 0 Å². The van der Waals surface area contributed by atoms with Gasteiger partial charge in [0.15, 0.2) is 0 Å². The summed E-state index contributed by atoms with van der Waals surface area (Å²) >= 11 is 0. The average Bonchev–Trinajstić information content (AvgIpc) is 2.69. The van der Waals surface area contributed by atoms with Crippen molar-refractivity contribution < 1.29 is 9.50 Å². The van der Waals surface area contributed by atoms with Gasteiger partial charge in [-0.05, 0) is 26.4 Å². The number of likely N-dealkylation sites (N-methyl/N-ethyl adjacent to an activating group) is 1. The van der Waals surface area contributed by atoms with Crippen LogP contribution in [0.15, 0.2) is 12.3 Å². The van der Waals surface area contributed by atoms with Crippen molar-refractivity contribution in [1.82, 2.24) is 9.88 Å². The fourth-order valence-electron chi connectivity index (χ4n) is 2.83. The second-order valence-corrected chi connectivity index (χ2v) is 6.35. The van der Waals surface area contributed by atoms with Crippen LogP contribution in [-0.4, -0.2) is 54.3 Å². The molecule has 5 heteroatoms. The predicted molar refractivity (Wildman–Crippen MR) is 78.6 cm³/mol. The van der Waals surface area contributed by atoms with Crippen molar-refractivity contribution in [2.75, 3.05) is 38.6 Å². The summed E-state index contributed by atoms with van der Waals surface area (Å²) in [7, 11) is 3.89. The minimum atomic E-state index is -0.726. The van der Waals surface area contributed by atoms with Gasteiger partial charge in [0.25, 0.3) is 0 Å². The molecule has 1 N–H and O–H groups in total. The maximum Gasteiger partial charge on any atom is 0.147 e. The summed E-state index contributed by atoms with van der Waals surface area (Å²) in [5, 5.41) is 10.5. The quantitative estimate of drug-likeness (QED) is 0.914. The number of pyridine rings is 1. The Morgan fingerprint density at radius 1 is 1.50 bits per heavy atom. The van der Waals surface area contributed by atoms with Crippen LogP contribution in [0.2, 0.25) is 0 Å². The van der Waals surface area contributed by atoms with Crippen LogP contribution in [0.3, 0.4) is 0 Å². The number of hydrogen-bond donors (Lipinski definition) is 1. The molecule has 0 unspecified atom stereocenters. The number of nitrogens with zero attached hydrogens (tertiary/aromatic N) is 3. The number of aromatic nitrogens is 1. The molecule has 0 bridgehead atoms. The first-order valence-corrected chi connectivity index (χ1v) is 7.08. The molecule has 1 aliphatic rings. The molecule has 1 saturated heterocycles. The highest BCUT2D eigenvalue weighted by atomic mass is 19.1. The molecule has 0 aromatic carbocycles. The zero-order valence-electron chi connectivity index (χ0n) is 12.7. The van der Waals surface area contributed by atoms with Crippen molar-refractivity contribution in [3.05, 3.63) is 23.8 Å². The minimum Gasteiger partial charge on any atom is -0.387 e. The van der Waals surface area contributed by atoms with E-state index in [9.17, 15) is 9.50 Å². The molecule has 0 saturated carbocycles. The van der Waals surface area contributed by atoms with Gasteiger partial charge in [-0.1, -0.05) is 13.8 Å². The Morgan fingerprint density at radius 2 is 2.20 bits per heavy atom. The second-order valence-electron chi connectivity index (χ2n) is 6.35. The van der Waals surface area contributed by atoms with Crippen molar-refractivity contribution in [2.24, 2.45) is 0 Å². The van der Waals surface area contributed by atoms with E-state index in [0.717, 1.165) is 12.2 Å². The van der Waals surface area contributed by atoms with Gasteiger partial charge in [-0.15, -0.1) is 0 Å². The van der Waals surface area contributed by atoms with Gasteiger partial charge in [-0.3, -0.25) is 4.98 Å². The van der Waals surface area contributed by atoms with Gasteiger partial charge >= 0.3 is 0 Å². The third-order valence-electron chi connectivity index (χ3n) is 3.71. The van der Waals surface area contributed by atoms with E-state index in [1.54, 1.807) is 6.20 Å². The average molecular weight is 281 g/mol. The van der Waals surface area contributed by atoms with Crippen LogP contribution in [0, 0.1) is 5.82 Å². The van der Waals surface area contributed by atoms with Crippen LogP contribution in [0.5, 0.6) is 0 Å². The molecule has 0 amide bonds. The van der Waals surface area contributed by atoms with Crippen molar-refractivity contribution in [1.29, 1.82) is 0 Å². The summed E-state index contributed by atoms with van der Waals surface area (Å²) in [6, 6.07) is 1.53. The van der Waals surface area contributed by atoms with Crippen LogP contribution >= 0.6 is 0 Å². The highest BCUT2D eigenvalue weighted by Gasteiger charge is 2.36. The summed E-state index contributed by atoms with van der Waals surface area (Å²) in [6.07, 6.45) is 2.40. The molecule has 0 spiro atoms. The Morgan fingerprint density at radius 3 is 2.75 bits per heavy atom. The van der Waals surface area contributed by atoms with E-state index in [2.05, 4.69) is 4.98 Å². The van der Waals surface area contributed by atoms with Gasteiger partial charge in [0.05, 0.1) is 23.2 Å². The lowest BCUT2D eigenvalue weighted by molar-refractivity contribution is 0.0366. The largest absolute Gasteiger partial charge is 0.387 e. The van der Waals surface area contributed by atoms with E-state index in [1.165, 1.54) is 6.07 Å². The third-order valence-corrected chi connectivity index (χ3v) is 3.71. The maximum absolute atomic E-state index is 14.0. The summed E-state index contributed by atoms with van der Waals surface area (Å²) in [6.45, 7) is 5.72. The zero-order chi connectivity index (χ0) is 14.9. The van der Waals surface area contributed by atoms with E-state index < -0.39 is 5.60 Å². The number of anilines is 1. The fraction of sp³-hybridized carbons (Fsp3) is 0.667. The normalized spacial score (nSPS) is 23.1. The third kappa shape index (κ3) is 3.27. The summed E-state index contributed by atoms with van der Waals surface area (Å²) in [5.74, 6) is -0.186. The SMILES string of the molecule is CC(C)c1ncc(N2CC[C@](O)(CN(C)C)C2)cc1F. The number of β-amino-alcohol motifs (C(OH)–C–C–N with tert-alkyl or cyclic N) is 1. The van der Waals surface area contributed by atoms with Crippen molar-refractivity contribution in [3.63, 3.8) is 0 Å². The summed E-state index contributed by atoms with van der Waals surface area (Å²) in [4.78, 5) is 8.20. The lowest BCUT2D eigenvalue weighted by Gasteiger charge is -2.27. The standard InChI is InChI=1S/C15H24FN3O/c1-11(2)14-13(16)7-12(8-17-14)19-6-5-15(20,10-19)9-18(3)4/h7-8,11,20H,5-6,9-10H2,1-4H3/t15-/m0/s1. The van der Waals surface area contributed by atoms with Gasteiger partial charge < -0.3 is 14.9 Å². The molecule has 1 atom stereocenters. The van der Waals surface area contributed by atoms with E-state index >= 15 is 0 Å². The van der Waals surface area contributed by atoms with Gasteiger partial charge in [-0.25, -0.2) is 4.39 Å². The molecule has 2 rings (SSSR count). The zero-order valence-corrected chi connectivity index (χ0v) is 12.7. The highest BCUT2D eigenvalue weighted by molar-refractivity contribution is 5.47. The number of hydrogen-bond acceptors (Lipinski definition) is 4. The van der Waals surface area contributed by atoms with Gasteiger partial charge in [0, 0.05) is 25.7 Å². The Labute approximate surface area is 120 Å². The summed E-state index contributed by atoms with van der Waals surface area (Å²) < 4.78 is 14.0. The molecule has 0 aliphatic carbocycles. The lowest BCUT2D eigenvalue weighted by atomic mass is 10.0. The van der Waals surface area contributed by atoms with Gasteiger partial charge in [-0.2, -0.15) is 0 Å². The molecule has 4 nitrogen and oxygen atoms in total. The minimum absolute atomic E-state index is 0.0771. The second kappa shape index (κ2) is 5.66. The first-order chi connectivity index (χ1) is 9.31. The molecule has 1 aromatic heterocycles. The smallest absolute Gasteiger partial charge is 0.147 e. The van der Waals surface area contributed by atoms with E-state index in [0.29, 0.717) is 25.2 Å². The molecule has 112 valence electrons. The Hall–Kier alpha value is -1.20. The Bertz CT molecular complexity index is 478. The first-order valence-electron chi connectivity index (χ1n) is 7.08. The first kappa shape index (κ1) is 15.2. The number of halogens is 1. The molecule has 1 aliphatic heterocycles. The van der Waals surface area contributed by atoms with E-state index in [4.69, 9.17) is 0 Å². The number of rotatable bonds is 4. The van der Waals surface area contributed by atoms with Crippen LogP contribution in [0.4, 0.5) is 10.1 Å². The monoisotopic (exact) mass is 281 g/mol. The van der Waals surface area contributed by atoms with Crippen molar-refractivity contribution in [3.8, 4) is 0 Å². The molecule has 20 heavy (non-hydrogen) atoms. The Kier molecular flexibility index (Phi) is 4.30. The molecule has 1 aromatic rings. The highest BCUT2D eigenvalue weighted by Crippen LogP contribution is 2.28. The van der Waals surface area contributed by atoms with Gasteiger partial charge in [0.2, 0.25) is 0 Å². The number of aliphatic hydroxyl groups is 1. The van der Waals surface area contributed by atoms with Crippen LogP contribution in [0.1, 0.15) is 31.9 Å². The van der Waals surface area contributed by atoms with Crippen molar-refractivity contribution in [2.45, 2.75) is 31.8 Å². The maximum atomic E-state index is 14.0. The molecule has 1 fully saturated rings. The van der Waals surface area contributed by atoms with Gasteiger partial charge in [0.1, 0.15) is 5.82 Å². The lowest BCUT2D eigenvalue weighted by Crippen LogP contribution is -2.42. The predicted octanol–water partition coefficient (Wildman–Crippen LogP) is 1.85. The van der Waals surface area contributed by atoms with E-state index in [-0.39, 0.29) is 11.7 Å². The summed E-state index contributed by atoms with van der Waals surface area (Å²) in [5.41, 5.74) is 0.523. The Balaban J connectivity index is 2.12. The molecular formula is C15H24FN3O. The van der Waals surface area contributed by atoms with Crippen LogP contribution < -0.4 is 4.90 Å². The fourth-order valence-corrected chi connectivity index (χ4v) is 2.83. The van der Waals surface area contributed by atoms with E-state index in [1.807, 2.05) is 37.7 Å². The van der Waals surface area contributed by atoms with Crippen molar-refractivity contribution >= 4 is 5.69 Å².